The quantitative estimate of drug-likeness (QED) is 0.786. The van der Waals surface area contributed by atoms with Crippen LogP contribution in [-0.2, 0) is 20.9 Å². The van der Waals surface area contributed by atoms with Gasteiger partial charge in [0.05, 0.1) is 19.1 Å². The smallest absolute Gasteiger partial charge is 0.309 e. The zero-order valence-corrected chi connectivity index (χ0v) is 11.2. The van der Waals surface area contributed by atoms with Crippen LogP contribution in [-0.4, -0.2) is 24.9 Å². The van der Waals surface area contributed by atoms with Gasteiger partial charge in [0.25, 0.3) is 0 Å². The van der Waals surface area contributed by atoms with Crippen LogP contribution in [0.3, 0.4) is 0 Å². The van der Waals surface area contributed by atoms with Crippen molar-refractivity contribution in [2.45, 2.75) is 32.7 Å². The lowest BCUT2D eigenvalue weighted by atomic mass is 9.86. The first-order valence-electron chi connectivity index (χ1n) is 6.56. The highest BCUT2D eigenvalue weighted by molar-refractivity contribution is 5.73. The van der Waals surface area contributed by atoms with Gasteiger partial charge in [0.2, 0.25) is 0 Å². The number of ether oxygens (including phenoxy) is 2. The van der Waals surface area contributed by atoms with Gasteiger partial charge in [0.15, 0.2) is 6.10 Å². The molecule has 0 amide bonds. The average molecular weight is 266 g/mol. The number of cyclic esters (lactones) is 1. The molecular formula is C15H19FO3. The zero-order chi connectivity index (χ0) is 13.8. The molecule has 1 fully saturated rings. The van der Waals surface area contributed by atoms with Crippen molar-refractivity contribution < 1.29 is 18.7 Å². The van der Waals surface area contributed by atoms with Gasteiger partial charge < -0.3 is 9.47 Å². The molecule has 4 heteroatoms. The Morgan fingerprint density at radius 3 is 2.63 bits per heavy atom. The fraction of sp³-hybridized carbons (Fsp3) is 0.533. The fourth-order valence-corrected chi connectivity index (χ4v) is 2.14. The summed E-state index contributed by atoms with van der Waals surface area (Å²) >= 11 is 0. The Kier molecular flexibility index (Phi) is 4.53. The van der Waals surface area contributed by atoms with Crippen LogP contribution < -0.4 is 0 Å². The lowest BCUT2D eigenvalue weighted by molar-refractivity contribution is -0.178. The summed E-state index contributed by atoms with van der Waals surface area (Å²) in [5.41, 5.74) is 1.02. The minimum Gasteiger partial charge on any atom is -0.457 e. The average Bonchev–Trinajstić information content (AvgIpc) is 2.43. The predicted octanol–water partition coefficient (Wildman–Crippen LogP) is 2.74. The molecule has 0 N–H and O–H groups in total. The molecule has 1 aromatic rings. The molecule has 3 nitrogen and oxygen atoms in total. The van der Waals surface area contributed by atoms with Gasteiger partial charge in [0, 0.05) is 5.92 Å². The van der Waals surface area contributed by atoms with Crippen molar-refractivity contribution in [1.29, 1.82) is 0 Å². The highest BCUT2D eigenvalue weighted by atomic mass is 19.1. The van der Waals surface area contributed by atoms with Crippen LogP contribution in [0.1, 0.15) is 19.4 Å². The van der Waals surface area contributed by atoms with Crippen molar-refractivity contribution in [3.05, 3.63) is 35.9 Å². The van der Waals surface area contributed by atoms with Crippen LogP contribution in [0, 0.1) is 11.8 Å². The largest absolute Gasteiger partial charge is 0.457 e. The topological polar surface area (TPSA) is 35.5 Å². The maximum Gasteiger partial charge on any atom is 0.309 e. The molecule has 0 aliphatic carbocycles. The Balaban J connectivity index is 1.84. The molecule has 0 saturated carbocycles. The zero-order valence-electron chi connectivity index (χ0n) is 11.2. The monoisotopic (exact) mass is 266 g/mol. The summed E-state index contributed by atoms with van der Waals surface area (Å²) < 4.78 is 24.6. The maximum absolute atomic E-state index is 14.0. The summed E-state index contributed by atoms with van der Waals surface area (Å²) in [5, 5.41) is 0. The van der Waals surface area contributed by atoms with Crippen molar-refractivity contribution in [2.24, 2.45) is 11.8 Å². The van der Waals surface area contributed by atoms with Crippen LogP contribution in [0.25, 0.3) is 0 Å². The van der Waals surface area contributed by atoms with E-state index in [0.29, 0.717) is 6.61 Å². The number of hydrogen-bond donors (Lipinski definition) is 0. The molecule has 1 aliphatic rings. The first kappa shape index (κ1) is 14.0. The summed E-state index contributed by atoms with van der Waals surface area (Å²) in [6.07, 6.45) is -1.95. The number of rotatable bonds is 4. The lowest BCUT2D eigenvalue weighted by Gasteiger charge is -2.34. The molecule has 0 radical (unpaired) electrons. The fourth-order valence-electron chi connectivity index (χ4n) is 2.14. The SMILES string of the molecule is CC1C(=O)OC(COCc2ccccc2)C(F)C1C. The number of hydrogen-bond acceptors (Lipinski definition) is 3. The maximum atomic E-state index is 14.0. The van der Waals surface area contributed by atoms with Crippen molar-refractivity contribution in [3.63, 3.8) is 0 Å². The molecule has 0 spiro atoms. The number of halogens is 1. The minimum atomic E-state index is -1.16. The predicted molar refractivity (Wildman–Crippen MR) is 69.2 cm³/mol. The van der Waals surface area contributed by atoms with Gasteiger partial charge in [-0.3, -0.25) is 4.79 Å². The van der Waals surface area contributed by atoms with E-state index in [4.69, 9.17) is 9.47 Å². The highest BCUT2D eigenvalue weighted by Gasteiger charge is 2.41. The van der Waals surface area contributed by atoms with E-state index in [-0.39, 0.29) is 24.4 Å². The summed E-state index contributed by atoms with van der Waals surface area (Å²) in [7, 11) is 0. The van der Waals surface area contributed by atoms with Gasteiger partial charge in [0.1, 0.15) is 6.17 Å². The molecule has 19 heavy (non-hydrogen) atoms. The highest BCUT2D eigenvalue weighted by Crippen LogP contribution is 2.29. The molecule has 4 unspecified atom stereocenters. The van der Waals surface area contributed by atoms with Crippen LogP contribution in [0.15, 0.2) is 30.3 Å². The molecule has 0 aromatic heterocycles. The number of carbonyl (C=O) groups is 1. The van der Waals surface area contributed by atoms with Crippen molar-refractivity contribution >= 4 is 5.97 Å². The first-order chi connectivity index (χ1) is 9.09. The third-order valence-corrected chi connectivity index (χ3v) is 3.68. The summed E-state index contributed by atoms with van der Waals surface area (Å²) in [4.78, 5) is 11.5. The Labute approximate surface area is 112 Å². The van der Waals surface area contributed by atoms with E-state index >= 15 is 0 Å². The molecule has 1 saturated heterocycles. The molecule has 1 heterocycles. The van der Waals surface area contributed by atoms with E-state index < -0.39 is 12.3 Å². The molecule has 2 rings (SSSR count). The number of alkyl halides is 1. The summed E-state index contributed by atoms with van der Waals surface area (Å²) in [6.45, 7) is 3.92. The Morgan fingerprint density at radius 2 is 1.95 bits per heavy atom. The third-order valence-electron chi connectivity index (χ3n) is 3.68. The molecule has 1 aromatic carbocycles. The summed E-state index contributed by atoms with van der Waals surface area (Å²) in [6, 6.07) is 9.63. The summed E-state index contributed by atoms with van der Waals surface area (Å²) in [5.74, 6) is -1.05. The van der Waals surface area contributed by atoms with Crippen LogP contribution in [0.2, 0.25) is 0 Å². The van der Waals surface area contributed by atoms with E-state index in [0.717, 1.165) is 5.56 Å². The Bertz CT molecular complexity index is 421. The van der Waals surface area contributed by atoms with E-state index in [2.05, 4.69) is 0 Å². The van der Waals surface area contributed by atoms with Crippen molar-refractivity contribution in [2.75, 3.05) is 6.61 Å². The molecule has 1 aliphatic heterocycles. The Morgan fingerprint density at radius 1 is 1.26 bits per heavy atom. The van der Waals surface area contributed by atoms with E-state index in [1.54, 1.807) is 13.8 Å². The second-order valence-electron chi connectivity index (χ2n) is 5.07. The first-order valence-corrected chi connectivity index (χ1v) is 6.56. The van der Waals surface area contributed by atoms with Gasteiger partial charge >= 0.3 is 5.97 Å². The van der Waals surface area contributed by atoms with Gasteiger partial charge in [-0.15, -0.1) is 0 Å². The second-order valence-corrected chi connectivity index (χ2v) is 5.07. The van der Waals surface area contributed by atoms with Crippen LogP contribution in [0.4, 0.5) is 4.39 Å². The Hall–Kier alpha value is -1.42. The standard InChI is InChI=1S/C15H19FO3/c1-10-11(2)15(17)19-13(14(10)16)9-18-8-12-6-4-3-5-7-12/h3-7,10-11,13-14H,8-9H2,1-2H3. The number of benzene rings is 1. The molecule has 0 bridgehead atoms. The molecule has 104 valence electrons. The van der Waals surface area contributed by atoms with Gasteiger partial charge in [-0.05, 0) is 5.56 Å². The second kappa shape index (κ2) is 6.15. The van der Waals surface area contributed by atoms with Crippen LogP contribution >= 0.6 is 0 Å². The van der Waals surface area contributed by atoms with E-state index in [9.17, 15) is 9.18 Å². The molecular weight excluding hydrogens is 247 g/mol. The third kappa shape index (κ3) is 3.32. The van der Waals surface area contributed by atoms with Gasteiger partial charge in [-0.25, -0.2) is 4.39 Å². The normalized spacial score (nSPS) is 31.0. The van der Waals surface area contributed by atoms with Crippen molar-refractivity contribution in [1.82, 2.24) is 0 Å². The van der Waals surface area contributed by atoms with E-state index in [1.807, 2.05) is 30.3 Å². The van der Waals surface area contributed by atoms with Gasteiger partial charge in [-0.2, -0.15) is 0 Å². The van der Waals surface area contributed by atoms with E-state index in [1.165, 1.54) is 0 Å². The van der Waals surface area contributed by atoms with Crippen LogP contribution in [0.5, 0.6) is 0 Å². The molecule has 4 atom stereocenters. The van der Waals surface area contributed by atoms with Crippen molar-refractivity contribution in [3.8, 4) is 0 Å². The lowest BCUT2D eigenvalue weighted by Crippen LogP contribution is -2.46. The minimum absolute atomic E-state index is 0.0961. The number of esters is 1. The number of carbonyl (C=O) groups excluding carboxylic acids is 1. The van der Waals surface area contributed by atoms with Gasteiger partial charge in [-0.1, -0.05) is 44.2 Å².